The average Bonchev–Trinajstić information content (AvgIpc) is 2.53. The van der Waals surface area contributed by atoms with E-state index in [1.165, 1.54) is 0 Å². The van der Waals surface area contributed by atoms with Crippen LogP contribution >= 0.6 is 0 Å². The van der Waals surface area contributed by atoms with Gasteiger partial charge in [0.1, 0.15) is 19.6 Å². The summed E-state index contributed by atoms with van der Waals surface area (Å²) >= 11 is 0. The van der Waals surface area contributed by atoms with E-state index in [9.17, 15) is 9.59 Å². The molecule has 0 aromatic heterocycles. The van der Waals surface area contributed by atoms with E-state index < -0.39 is 18.4 Å². The van der Waals surface area contributed by atoms with E-state index in [1.807, 2.05) is 13.8 Å². The highest BCUT2D eigenvalue weighted by Gasteiger charge is 2.11. The molecule has 0 spiro atoms. The second-order valence-electron chi connectivity index (χ2n) is 4.24. The molecular weight excluding hydrogens is 308 g/mol. The minimum absolute atomic E-state index is 0.0960. The third-order valence-electron chi connectivity index (χ3n) is 2.42. The molecule has 0 aliphatic carbocycles. The molecule has 0 amide bonds. The number of hydrogen-bond donors (Lipinski definition) is 0. The zero-order valence-corrected chi connectivity index (χ0v) is 14.0. The lowest BCUT2D eigenvalue weighted by molar-refractivity contribution is -0.156. The van der Waals surface area contributed by atoms with Crippen LogP contribution in [0.15, 0.2) is 0 Å². The molecule has 0 fully saturated rings. The minimum Gasteiger partial charge on any atom is -0.463 e. The molecule has 0 rings (SSSR count). The standard InChI is InChI=1S/C15H28O8/c1-3-18-5-7-20-9-11-22-14(16)13-15(17)23-12-10-21-8-6-19-4-2/h3-13H2,1-2H3. The SMILES string of the molecule is CCOCCOCCOC(=O)CC(=O)OCCOCCOCC. The van der Waals surface area contributed by atoms with Crippen molar-refractivity contribution < 1.29 is 38.0 Å². The molecule has 8 heteroatoms. The molecule has 0 bridgehead atoms. The highest BCUT2D eigenvalue weighted by Crippen LogP contribution is 1.92. The summed E-state index contributed by atoms with van der Waals surface area (Å²) in [5.41, 5.74) is 0. The second kappa shape index (κ2) is 17.1. The molecule has 8 nitrogen and oxygen atoms in total. The normalized spacial score (nSPS) is 10.5. The molecule has 136 valence electrons. The topological polar surface area (TPSA) is 89.5 Å². The number of rotatable bonds is 16. The first-order valence-corrected chi connectivity index (χ1v) is 7.82. The Kier molecular flexibility index (Phi) is 16.2. The Morgan fingerprint density at radius 3 is 1.30 bits per heavy atom. The van der Waals surface area contributed by atoms with Gasteiger partial charge in [-0.15, -0.1) is 0 Å². The molecule has 0 heterocycles. The maximum absolute atomic E-state index is 11.3. The van der Waals surface area contributed by atoms with Crippen molar-refractivity contribution in [1.82, 2.24) is 0 Å². The minimum atomic E-state index is -0.638. The predicted octanol–water partition coefficient (Wildman–Crippen LogP) is 0.569. The van der Waals surface area contributed by atoms with Crippen LogP contribution in [0.1, 0.15) is 20.3 Å². The Morgan fingerprint density at radius 2 is 0.913 bits per heavy atom. The molecule has 0 saturated carbocycles. The van der Waals surface area contributed by atoms with Gasteiger partial charge in [0, 0.05) is 13.2 Å². The number of hydrogen-bond acceptors (Lipinski definition) is 8. The van der Waals surface area contributed by atoms with Crippen molar-refractivity contribution in [1.29, 1.82) is 0 Å². The average molecular weight is 336 g/mol. The lowest BCUT2D eigenvalue weighted by Gasteiger charge is -2.07. The summed E-state index contributed by atoms with van der Waals surface area (Å²) in [7, 11) is 0. The third kappa shape index (κ3) is 17.0. The van der Waals surface area contributed by atoms with E-state index in [2.05, 4.69) is 0 Å². The van der Waals surface area contributed by atoms with Gasteiger partial charge in [0.05, 0.1) is 39.6 Å². The van der Waals surface area contributed by atoms with Crippen LogP contribution in [0.2, 0.25) is 0 Å². The Morgan fingerprint density at radius 1 is 0.565 bits per heavy atom. The van der Waals surface area contributed by atoms with Crippen LogP contribution in [0.4, 0.5) is 0 Å². The van der Waals surface area contributed by atoms with Crippen LogP contribution in [0.25, 0.3) is 0 Å². The summed E-state index contributed by atoms with van der Waals surface area (Å²) in [4.78, 5) is 22.7. The highest BCUT2D eigenvalue weighted by atomic mass is 16.6. The van der Waals surface area contributed by atoms with Crippen molar-refractivity contribution >= 4 is 11.9 Å². The first kappa shape index (κ1) is 21.8. The first-order chi connectivity index (χ1) is 11.2. The largest absolute Gasteiger partial charge is 0.463 e. The van der Waals surface area contributed by atoms with Crippen LogP contribution in [0.5, 0.6) is 0 Å². The van der Waals surface area contributed by atoms with Crippen LogP contribution in [-0.2, 0) is 38.0 Å². The zero-order chi connectivity index (χ0) is 17.2. The fourth-order valence-electron chi connectivity index (χ4n) is 1.38. The maximum atomic E-state index is 11.3. The van der Waals surface area contributed by atoms with Gasteiger partial charge in [-0.2, -0.15) is 0 Å². The molecule has 0 saturated heterocycles. The fourth-order valence-corrected chi connectivity index (χ4v) is 1.38. The molecule has 0 aliphatic rings. The monoisotopic (exact) mass is 336 g/mol. The lowest BCUT2D eigenvalue weighted by atomic mass is 10.4. The van der Waals surface area contributed by atoms with Crippen LogP contribution in [0.3, 0.4) is 0 Å². The summed E-state index contributed by atoms with van der Waals surface area (Å²) in [6, 6.07) is 0. The van der Waals surface area contributed by atoms with Gasteiger partial charge in [0.15, 0.2) is 0 Å². The number of ether oxygens (including phenoxy) is 6. The first-order valence-electron chi connectivity index (χ1n) is 7.82. The molecule has 23 heavy (non-hydrogen) atoms. The van der Waals surface area contributed by atoms with Gasteiger partial charge < -0.3 is 28.4 Å². The summed E-state index contributed by atoms with van der Waals surface area (Å²) in [6.07, 6.45) is -0.419. The Bertz CT molecular complexity index is 267. The highest BCUT2D eigenvalue weighted by molar-refractivity contribution is 5.91. The maximum Gasteiger partial charge on any atom is 0.317 e. The van der Waals surface area contributed by atoms with Crippen LogP contribution < -0.4 is 0 Å². The van der Waals surface area contributed by atoms with E-state index in [0.717, 1.165) is 0 Å². The summed E-state index contributed by atoms with van der Waals surface area (Å²) < 4.78 is 30.2. The molecule has 0 aromatic carbocycles. The van der Waals surface area contributed by atoms with Crippen molar-refractivity contribution in [3.63, 3.8) is 0 Å². The number of carbonyl (C=O) groups excluding carboxylic acids is 2. The van der Waals surface area contributed by atoms with Crippen molar-refractivity contribution in [3.05, 3.63) is 0 Å². The van der Waals surface area contributed by atoms with Gasteiger partial charge >= 0.3 is 11.9 Å². The summed E-state index contributed by atoms with van der Waals surface area (Å²) in [6.45, 7) is 7.68. The van der Waals surface area contributed by atoms with Crippen molar-refractivity contribution in [2.45, 2.75) is 20.3 Å². The van der Waals surface area contributed by atoms with E-state index in [1.54, 1.807) is 0 Å². The van der Waals surface area contributed by atoms with Crippen molar-refractivity contribution in [2.75, 3.05) is 66.1 Å². The molecule has 0 radical (unpaired) electrons. The molecule has 0 aliphatic heterocycles. The van der Waals surface area contributed by atoms with Gasteiger partial charge in [-0.05, 0) is 13.8 Å². The van der Waals surface area contributed by atoms with E-state index in [4.69, 9.17) is 28.4 Å². The lowest BCUT2D eigenvalue weighted by Crippen LogP contribution is -2.18. The van der Waals surface area contributed by atoms with E-state index in [-0.39, 0.29) is 26.4 Å². The smallest absolute Gasteiger partial charge is 0.317 e. The number of esters is 2. The van der Waals surface area contributed by atoms with Crippen molar-refractivity contribution in [3.8, 4) is 0 Å². The Labute approximate surface area is 137 Å². The van der Waals surface area contributed by atoms with Gasteiger partial charge in [0.2, 0.25) is 0 Å². The van der Waals surface area contributed by atoms with Crippen molar-refractivity contribution in [2.24, 2.45) is 0 Å². The van der Waals surface area contributed by atoms with E-state index in [0.29, 0.717) is 39.6 Å². The van der Waals surface area contributed by atoms with Gasteiger partial charge in [0.25, 0.3) is 0 Å². The van der Waals surface area contributed by atoms with Crippen LogP contribution in [0, 0.1) is 0 Å². The molecular formula is C15H28O8. The third-order valence-corrected chi connectivity index (χ3v) is 2.42. The summed E-state index contributed by atoms with van der Waals surface area (Å²) in [5, 5.41) is 0. The molecule has 0 unspecified atom stereocenters. The Balaban J connectivity index is 3.36. The van der Waals surface area contributed by atoms with Gasteiger partial charge in [-0.3, -0.25) is 9.59 Å². The van der Waals surface area contributed by atoms with Gasteiger partial charge in [-0.25, -0.2) is 0 Å². The van der Waals surface area contributed by atoms with Crippen LogP contribution in [-0.4, -0.2) is 78.0 Å². The molecule has 0 N–H and O–H groups in total. The second-order valence-corrected chi connectivity index (χ2v) is 4.24. The van der Waals surface area contributed by atoms with Gasteiger partial charge in [-0.1, -0.05) is 0 Å². The quantitative estimate of drug-likeness (QED) is 0.230. The van der Waals surface area contributed by atoms with E-state index >= 15 is 0 Å². The fraction of sp³-hybridized carbons (Fsp3) is 0.867. The predicted molar refractivity (Wildman–Crippen MR) is 81.2 cm³/mol. The molecule has 0 aromatic rings. The molecule has 0 atom stereocenters. The summed E-state index contributed by atoms with van der Waals surface area (Å²) in [5.74, 6) is -1.28. The number of carbonyl (C=O) groups is 2. The Hall–Kier alpha value is -1.22. The zero-order valence-electron chi connectivity index (χ0n) is 14.0.